The van der Waals surface area contributed by atoms with E-state index in [-0.39, 0.29) is 18.1 Å². The predicted octanol–water partition coefficient (Wildman–Crippen LogP) is 2.16. The van der Waals surface area contributed by atoms with Crippen molar-refractivity contribution in [1.82, 2.24) is 10.6 Å². The van der Waals surface area contributed by atoms with Crippen LogP contribution in [-0.2, 0) is 9.53 Å². The molecule has 2 aromatic carbocycles. The molecule has 0 aromatic heterocycles. The van der Waals surface area contributed by atoms with Gasteiger partial charge in [0.15, 0.2) is 6.17 Å². The zero-order valence-electron chi connectivity index (χ0n) is 11.8. The maximum atomic E-state index is 11.8. The van der Waals surface area contributed by atoms with Crippen LogP contribution in [0, 0.1) is 0 Å². The Balaban J connectivity index is 1.93. The number of benzene rings is 2. The van der Waals surface area contributed by atoms with Crippen molar-refractivity contribution in [3.8, 4) is 0 Å². The third kappa shape index (κ3) is 2.82. The minimum atomic E-state index is -0.495. The van der Waals surface area contributed by atoms with Crippen molar-refractivity contribution in [2.24, 2.45) is 0 Å². The van der Waals surface area contributed by atoms with Crippen LogP contribution in [0.4, 0.5) is 0 Å². The quantitative estimate of drug-likeness (QED) is 0.847. The molecule has 4 nitrogen and oxygen atoms in total. The summed E-state index contributed by atoms with van der Waals surface area (Å²) < 4.78 is 4.84. The molecule has 0 amide bonds. The molecule has 1 heterocycles. The molecule has 0 radical (unpaired) electrons. The fraction of sp³-hybridized carbons (Fsp3) is 0.235. The lowest BCUT2D eigenvalue weighted by atomic mass is 9.95. The molecule has 108 valence electrons. The van der Waals surface area contributed by atoms with Gasteiger partial charge in [0.05, 0.1) is 19.2 Å². The second-order valence-electron chi connectivity index (χ2n) is 5.07. The van der Waals surface area contributed by atoms with E-state index in [9.17, 15) is 4.79 Å². The van der Waals surface area contributed by atoms with E-state index in [2.05, 4.69) is 34.9 Å². The smallest absolute Gasteiger partial charge is 0.337 e. The average Bonchev–Trinajstić information content (AvgIpc) is 3.01. The van der Waals surface area contributed by atoms with Crippen LogP contribution >= 0.6 is 0 Å². The first-order valence-corrected chi connectivity index (χ1v) is 6.99. The largest absolute Gasteiger partial charge is 0.467 e. The summed E-state index contributed by atoms with van der Waals surface area (Å²) in [6.45, 7) is 0. The monoisotopic (exact) mass is 282 g/mol. The van der Waals surface area contributed by atoms with Crippen LogP contribution in [0.3, 0.4) is 0 Å². The van der Waals surface area contributed by atoms with Gasteiger partial charge in [-0.15, -0.1) is 0 Å². The fourth-order valence-electron chi connectivity index (χ4n) is 2.75. The van der Waals surface area contributed by atoms with Crippen molar-refractivity contribution >= 4 is 5.97 Å². The molecule has 4 heteroatoms. The van der Waals surface area contributed by atoms with Gasteiger partial charge < -0.3 is 4.74 Å². The summed E-state index contributed by atoms with van der Waals surface area (Å²) in [4.78, 5) is 11.8. The number of carbonyl (C=O) groups excluding carboxylic acids is 1. The fourth-order valence-corrected chi connectivity index (χ4v) is 2.75. The number of carbonyl (C=O) groups is 1. The van der Waals surface area contributed by atoms with Crippen LogP contribution in [0.2, 0.25) is 0 Å². The SMILES string of the molecule is COC(=O)C1N[C@@H](c2ccccc2)[C@H](c2ccccc2)N1. The van der Waals surface area contributed by atoms with E-state index >= 15 is 0 Å². The third-order valence-corrected chi connectivity index (χ3v) is 3.78. The molecule has 0 saturated carbocycles. The van der Waals surface area contributed by atoms with Gasteiger partial charge in [-0.25, -0.2) is 4.79 Å². The van der Waals surface area contributed by atoms with E-state index in [1.165, 1.54) is 7.11 Å². The van der Waals surface area contributed by atoms with Gasteiger partial charge in [0.25, 0.3) is 0 Å². The predicted molar refractivity (Wildman–Crippen MR) is 80.4 cm³/mol. The van der Waals surface area contributed by atoms with Gasteiger partial charge in [-0.2, -0.15) is 0 Å². The van der Waals surface area contributed by atoms with Gasteiger partial charge in [-0.3, -0.25) is 10.6 Å². The van der Waals surface area contributed by atoms with E-state index in [1.807, 2.05) is 36.4 Å². The highest BCUT2D eigenvalue weighted by molar-refractivity contribution is 5.76. The van der Waals surface area contributed by atoms with Crippen molar-refractivity contribution in [2.75, 3.05) is 7.11 Å². The Morgan fingerprint density at radius 1 is 0.857 bits per heavy atom. The highest BCUT2D eigenvalue weighted by atomic mass is 16.5. The van der Waals surface area contributed by atoms with Crippen molar-refractivity contribution in [3.05, 3.63) is 71.8 Å². The summed E-state index contributed by atoms with van der Waals surface area (Å²) in [6, 6.07) is 20.3. The molecule has 0 unspecified atom stereocenters. The normalized spacial score (nSPS) is 22.1. The molecule has 1 aliphatic rings. The minimum Gasteiger partial charge on any atom is -0.467 e. The summed E-state index contributed by atoms with van der Waals surface area (Å²) in [7, 11) is 1.40. The molecule has 3 rings (SSSR count). The first-order valence-electron chi connectivity index (χ1n) is 6.99. The Hall–Kier alpha value is -2.17. The summed E-state index contributed by atoms with van der Waals surface area (Å²) in [5, 5.41) is 6.64. The molecule has 21 heavy (non-hydrogen) atoms. The molecule has 0 spiro atoms. The zero-order valence-corrected chi connectivity index (χ0v) is 11.8. The van der Waals surface area contributed by atoms with Crippen LogP contribution in [0.1, 0.15) is 23.2 Å². The summed E-state index contributed by atoms with van der Waals surface area (Å²) in [5.41, 5.74) is 2.29. The maximum Gasteiger partial charge on any atom is 0.337 e. The Bertz CT molecular complexity index is 553. The first kappa shape index (κ1) is 13.8. The third-order valence-electron chi connectivity index (χ3n) is 3.78. The van der Waals surface area contributed by atoms with Crippen molar-refractivity contribution in [2.45, 2.75) is 18.2 Å². The molecule has 0 bridgehead atoms. The number of hydrogen-bond donors (Lipinski definition) is 2. The van der Waals surface area contributed by atoms with E-state index in [4.69, 9.17) is 4.74 Å². The molecular weight excluding hydrogens is 264 g/mol. The van der Waals surface area contributed by atoms with Crippen LogP contribution < -0.4 is 10.6 Å². The lowest BCUT2D eigenvalue weighted by molar-refractivity contribution is -0.143. The molecule has 0 aliphatic carbocycles. The molecule has 1 saturated heterocycles. The lowest BCUT2D eigenvalue weighted by Crippen LogP contribution is -2.40. The van der Waals surface area contributed by atoms with Crippen LogP contribution in [0.25, 0.3) is 0 Å². The Morgan fingerprint density at radius 3 is 1.67 bits per heavy atom. The van der Waals surface area contributed by atoms with Gasteiger partial charge in [-0.05, 0) is 11.1 Å². The number of hydrogen-bond acceptors (Lipinski definition) is 4. The van der Waals surface area contributed by atoms with Crippen LogP contribution in [-0.4, -0.2) is 19.2 Å². The Kier molecular flexibility index (Phi) is 3.99. The van der Waals surface area contributed by atoms with Gasteiger partial charge in [0.2, 0.25) is 0 Å². The maximum absolute atomic E-state index is 11.8. The van der Waals surface area contributed by atoms with Crippen molar-refractivity contribution < 1.29 is 9.53 Å². The molecule has 1 aliphatic heterocycles. The molecule has 2 N–H and O–H groups in total. The Morgan fingerprint density at radius 2 is 1.29 bits per heavy atom. The first-order chi connectivity index (χ1) is 10.3. The molecule has 1 fully saturated rings. The lowest BCUT2D eigenvalue weighted by Gasteiger charge is -2.19. The topological polar surface area (TPSA) is 50.4 Å². The molecule has 2 atom stereocenters. The van der Waals surface area contributed by atoms with Gasteiger partial charge in [0, 0.05) is 0 Å². The highest BCUT2D eigenvalue weighted by Crippen LogP contribution is 2.33. The van der Waals surface area contributed by atoms with E-state index in [0.29, 0.717) is 0 Å². The second-order valence-corrected chi connectivity index (χ2v) is 5.07. The van der Waals surface area contributed by atoms with E-state index in [1.54, 1.807) is 0 Å². The second kappa shape index (κ2) is 6.08. The number of methoxy groups -OCH3 is 1. The number of ether oxygens (including phenoxy) is 1. The van der Waals surface area contributed by atoms with E-state index in [0.717, 1.165) is 11.1 Å². The summed E-state index contributed by atoms with van der Waals surface area (Å²) >= 11 is 0. The van der Waals surface area contributed by atoms with Crippen molar-refractivity contribution in [3.63, 3.8) is 0 Å². The van der Waals surface area contributed by atoms with Crippen molar-refractivity contribution in [1.29, 1.82) is 0 Å². The number of nitrogens with one attached hydrogen (secondary N) is 2. The molecule has 2 aromatic rings. The average molecular weight is 282 g/mol. The minimum absolute atomic E-state index is 0.0256. The summed E-state index contributed by atoms with van der Waals surface area (Å²) in [6.07, 6.45) is -0.495. The van der Waals surface area contributed by atoms with Gasteiger partial charge >= 0.3 is 5.97 Å². The zero-order chi connectivity index (χ0) is 14.7. The molecular formula is C17H18N2O2. The van der Waals surface area contributed by atoms with Gasteiger partial charge in [-0.1, -0.05) is 60.7 Å². The van der Waals surface area contributed by atoms with E-state index < -0.39 is 6.17 Å². The van der Waals surface area contributed by atoms with Gasteiger partial charge in [0.1, 0.15) is 0 Å². The Labute approximate surface area is 124 Å². The standard InChI is InChI=1S/C17H18N2O2/c1-21-17(20)16-18-14(12-8-4-2-5-9-12)15(19-16)13-10-6-3-7-11-13/h2-11,14-16,18-19H,1H3/t14-,15-/m0/s1. The number of rotatable bonds is 3. The number of esters is 1. The van der Waals surface area contributed by atoms with Crippen LogP contribution in [0.15, 0.2) is 60.7 Å². The van der Waals surface area contributed by atoms with Crippen LogP contribution in [0.5, 0.6) is 0 Å². The summed E-state index contributed by atoms with van der Waals surface area (Å²) in [5.74, 6) is -0.297. The highest BCUT2D eigenvalue weighted by Gasteiger charge is 2.38.